The number of halogens is 2. The molecular weight excluding hydrogens is 577 g/mol. The number of carboxylic acid groups (broad SMARTS) is 1. The number of hydrazone groups is 1. The van der Waals surface area contributed by atoms with Gasteiger partial charge >= 0.3 is 11.9 Å². The van der Waals surface area contributed by atoms with Gasteiger partial charge in [-0.15, -0.1) is 0 Å². The molecule has 1 aromatic heterocycles. The van der Waals surface area contributed by atoms with Crippen LogP contribution in [0.4, 0.5) is 5.69 Å². The molecule has 2 aromatic carbocycles. The Kier molecular flexibility index (Phi) is 6.66. The number of hydrogen-bond donors (Lipinski definition) is 2. The number of aliphatic carboxylic acids is 1. The van der Waals surface area contributed by atoms with Gasteiger partial charge in [-0.2, -0.15) is 5.10 Å². The second kappa shape index (κ2) is 9.21. The lowest BCUT2D eigenvalue weighted by Crippen LogP contribution is -2.17. The zero-order chi connectivity index (χ0) is 21.8. The molecule has 0 atom stereocenters. The second-order valence-corrected chi connectivity index (χ2v) is 7.88. The Labute approximate surface area is 190 Å². The molecule has 1 heterocycles. The molecule has 1 amide bonds. The molecule has 154 valence electrons. The fourth-order valence-corrected chi connectivity index (χ4v) is 4.10. The van der Waals surface area contributed by atoms with E-state index in [2.05, 4.69) is 49.0 Å². The van der Waals surface area contributed by atoms with Crippen molar-refractivity contribution in [3.05, 3.63) is 65.9 Å². The third-order valence-electron chi connectivity index (χ3n) is 3.68. The van der Waals surface area contributed by atoms with Crippen molar-refractivity contribution in [2.75, 3.05) is 6.61 Å². The van der Waals surface area contributed by atoms with E-state index in [1.54, 1.807) is 12.1 Å². The number of ether oxygens (including phenoxy) is 1. The Morgan fingerprint density at radius 3 is 2.80 bits per heavy atom. The Bertz CT molecular complexity index is 1190. The Hall–Kier alpha value is -3.00. The van der Waals surface area contributed by atoms with Crippen molar-refractivity contribution in [3.63, 3.8) is 0 Å². The molecule has 0 fully saturated rings. The number of amides is 1. The van der Waals surface area contributed by atoms with Gasteiger partial charge in [-0.1, -0.05) is 0 Å². The van der Waals surface area contributed by atoms with Crippen molar-refractivity contribution < 1.29 is 28.8 Å². The summed E-state index contributed by atoms with van der Waals surface area (Å²) in [7, 11) is 0. The molecule has 0 saturated heterocycles. The van der Waals surface area contributed by atoms with Crippen LogP contribution in [0.15, 0.2) is 50.4 Å². The first-order valence-electron chi connectivity index (χ1n) is 8.09. The maximum Gasteiger partial charge on any atom is 0.341 e. The van der Waals surface area contributed by atoms with Crippen molar-refractivity contribution in [1.82, 2.24) is 5.43 Å². The Morgan fingerprint density at radius 2 is 2.10 bits per heavy atom. The van der Waals surface area contributed by atoms with Crippen LogP contribution in [0.3, 0.4) is 0 Å². The van der Waals surface area contributed by atoms with E-state index in [0.717, 1.165) is 3.57 Å². The van der Waals surface area contributed by atoms with Gasteiger partial charge in [-0.05, 0) is 62.8 Å². The average molecular weight is 588 g/mol. The number of fused-ring (bicyclic) bond motifs is 1. The van der Waals surface area contributed by atoms with E-state index >= 15 is 0 Å². The third-order valence-corrected chi connectivity index (χ3v) is 4.89. The summed E-state index contributed by atoms with van der Waals surface area (Å²) >= 11 is 5.37. The van der Waals surface area contributed by atoms with Gasteiger partial charge in [0.05, 0.1) is 15.6 Å². The van der Waals surface area contributed by atoms with Crippen LogP contribution < -0.4 is 10.2 Å². The van der Waals surface area contributed by atoms with E-state index < -0.39 is 23.4 Å². The molecule has 12 heteroatoms. The number of rotatable bonds is 7. The molecule has 0 unspecified atom stereocenters. The van der Waals surface area contributed by atoms with Crippen molar-refractivity contribution in [2.45, 2.75) is 0 Å². The van der Waals surface area contributed by atoms with Gasteiger partial charge in [0.15, 0.2) is 12.4 Å². The minimum absolute atomic E-state index is 0.0752. The number of benzene rings is 2. The summed E-state index contributed by atoms with van der Waals surface area (Å²) in [5.41, 5.74) is 2.93. The molecule has 2 N–H and O–H groups in total. The molecule has 0 saturated carbocycles. The molecule has 0 aliphatic carbocycles. The van der Waals surface area contributed by atoms with E-state index in [9.17, 15) is 19.7 Å². The van der Waals surface area contributed by atoms with Gasteiger partial charge in [0.25, 0.3) is 5.69 Å². The number of carboxylic acids is 1. The highest BCUT2D eigenvalue weighted by Crippen LogP contribution is 2.30. The van der Waals surface area contributed by atoms with Crippen molar-refractivity contribution in [2.24, 2.45) is 5.10 Å². The minimum Gasteiger partial charge on any atom is -0.480 e. The highest BCUT2D eigenvalue weighted by atomic mass is 127. The number of non-ortho nitro benzene ring substituents is 1. The van der Waals surface area contributed by atoms with E-state index in [1.165, 1.54) is 30.5 Å². The van der Waals surface area contributed by atoms with E-state index in [4.69, 9.17) is 14.3 Å². The summed E-state index contributed by atoms with van der Waals surface area (Å²) in [4.78, 5) is 33.4. The predicted octanol–water partition coefficient (Wildman–Crippen LogP) is 3.94. The van der Waals surface area contributed by atoms with Crippen LogP contribution in [-0.2, 0) is 4.79 Å². The molecule has 3 rings (SSSR count). The van der Waals surface area contributed by atoms with Gasteiger partial charge in [0, 0.05) is 26.7 Å². The Balaban J connectivity index is 1.78. The lowest BCUT2D eigenvalue weighted by Gasteiger charge is -2.10. The molecule has 0 aliphatic heterocycles. The van der Waals surface area contributed by atoms with Gasteiger partial charge in [-0.3, -0.25) is 14.9 Å². The molecule has 0 spiro atoms. The summed E-state index contributed by atoms with van der Waals surface area (Å²) in [6, 6.07) is 8.78. The van der Waals surface area contributed by atoms with Crippen molar-refractivity contribution in [1.29, 1.82) is 0 Å². The number of carbonyl (C=O) groups is 2. The first-order valence-corrected chi connectivity index (χ1v) is 9.97. The fourth-order valence-electron chi connectivity index (χ4n) is 2.43. The summed E-state index contributed by atoms with van der Waals surface area (Å²) < 4.78 is 12.0. The quantitative estimate of drug-likeness (QED) is 0.184. The molecule has 10 nitrogen and oxygen atoms in total. The van der Waals surface area contributed by atoms with Gasteiger partial charge in [0.1, 0.15) is 11.3 Å². The summed E-state index contributed by atoms with van der Waals surface area (Å²) in [5, 5.41) is 23.9. The van der Waals surface area contributed by atoms with Crippen LogP contribution in [0.2, 0.25) is 0 Å². The third kappa shape index (κ3) is 5.13. The number of carbonyl (C=O) groups excluding carboxylic acids is 1. The maximum atomic E-state index is 12.3. The SMILES string of the molecule is O=C(O)COc1c(Br)cc(I)cc1/C=N\NC(=O)c1cc2cc([N+](=O)[O-])ccc2o1. The zero-order valence-electron chi connectivity index (χ0n) is 14.8. The smallest absolute Gasteiger partial charge is 0.341 e. The van der Waals surface area contributed by atoms with Gasteiger partial charge < -0.3 is 14.3 Å². The first kappa shape index (κ1) is 21.7. The molecule has 0 aliphatic rings. The van der Waals surface area contributed by atoms with Gasteiger partial charge in [0.2, 0.25) is 0 Å². The number of nitro groups is 1. The number of nitro benzene ring substituents is 1. The van der Waals surface area contributed by atoms with Crippen LogP contribution in [0.5, 0.6) is 5.75 Å². The van der Waals surface area contributed by atoms with Crippen molar-refractivity contribution >= 4 is 73.3 Å². The number of furan rings is 1. The van der Waals surface area contributed by atoms with Crippen LogP contribution >= 0.6 is 38.5 Å². The maximum absolute atomic E-state index is 12.3. The van der Waals surface area contributed by atoms with E-state index in [0.29, 0.717) is 21.0 Å². The first-order chi connectivity index (χ1) is 14.2. The lowest BCUT2D eigenvalue weighted by molar-refractivity contribution is -0.384. The average Bonchev–Trinajstić information content (AvgIpc) is 3.10. The topological polar surface area (TPSA) is 144 Å². The lowest BCUT2D eigenvalue weighted by atomic mass is 10.2. The Morgan fingerprint density at radius 1 is 1.33 bits per heavy atom. The predicted molar refractivity (Wildman–Crippen MR) is 118 cm³/mol. The second-order valence-electron chi connectivity index (χ2n) is 5.78. The fraction of sp³-hybridized carbons (Fsp3) is 0.0556. The van der Waals surface area contributed by atoms with E-state index in [-0.39, 0.29) is 17.2 Å². The summed E-state index contributed by atoms with van der Waals surface area (Å²) in [6.45, 7) is -0.544. The van der Waals surface area contributed by atoms with Crippen LogP contribution in [0, 0.1) is 13.7 Å². The monoisotopic (exact) mass is 587 g/mol. The van der Waals surface area contributed by atoms with Crippen LogP contribution in [0.1, 0.15) is 16.1 Å². The van der Waals surface area contributed by atoms with Crippen molar-refractivity contribution in [3.8, 4) is 5.75 Å². The number of nitrogens with one attached hydrogen (secondary N) is 1. The van der Waals surface area contributed by atoms with Crippen LogP contribution in [-0.4, -0.2) is 34.7 Å². The van der Waals surface area contributed by atoms with Crippen LogP contribution in [0.25, 0.3) is 11.0 Å². The molecular formula is C18H11BrIN3O7. The number of hydrogen-bond acceptors (Lipinski definition) is 7. The number of nitrogens with zero attached hydrogens (tertiary/aromatic N) is 2. The molecule has 30 heavy (non-hydrogen) atoms. The normalized spacial score (nSPS) is 11.0. The van der Waals surface area contributed by atoms with E-state index in [1.807, 2.05) is 0 Å². The molecule has 0 radical (unpaired) electrons. The highest BCUT2D eigenvalue weighted by molar-refractivity contribution is 14.1. The zero-order valence-corrected chi connectivity index (χ0v) is 18.5. The summed E-state index contributed by atoms with van der Waals surface area (Å²) in [5.74, 6) is -1.62. The molecule has 3 aromatic rings. The van der Waals surface area contributed by atoms with Gasteiger partial charge in [-0.25, -0.2) is 10.2 Å². The largest absolute Gasteiger partial charge is 0.480 e. The highest BCUT2D eigenvalue weighted by Gasteiger charge is 2.15. The minimum atomic E-state index is -1.14. The summed E-state index contributed by atoms with van der Waals surface area (Å²) in [6.07, 6.45) is 1.30. The molecule has 0 bridgehead atoms. The standard InChI is InChI=1S/C18H11BrIN3O7/c19-13-6-11(20)3-10(17(13)29-8-16(24)25)7-21-22-18(26)15-5-9-4-12(23(27)28)1-2-14(9)30-15/h1-7H,8H2,(H,22,26)(H,24,25)/b21-7-.